The van der Waals surface area contributed by atoms with Gasteiger partial charge in [-0.25, -0.2) is 0 Å². The summed E-state index contributed by atoms with van der Waals surface area (Å²) in [6.45, 7) is 1.70. The van der Waals surface area contributed by atoms with E-state index in [-0.39, 0.29) is 6.42 Å². The Hall–Kier alpha value is -0.250. The van der Waals surface area contributed by atoms with Crippen LogP contribution in [0.3, 0.4) is 0 Å². The number of halogens is 3. The Labute approximate surface area is 65.2 Å². The second kappa shape index (κ2) is 3.95. The van der Waals surface area contributed by atoms with Crippen LogP contribution in [0.2, 0.25) is 0 Å². The van der Waals surface area contributed by atoms with Gasteiger partial charge in [-0.15, -0.1) is 0 Å². The lowest BCUT2D eigenvalue weighted by molar-refractivity contribution is -0.171. The van der Waals surface area contributed by atoms with E-state index < -0.39 is 12.1 Å². The summed E-state index contributed by atoms with van der Waals surface area (Å²) in [7, 11) is 3.53. The van der Waals surface area contributed by atoms with Crippen LogP contribution in [-0.4, -0.2) is 31.7 Å². The predicted octanol–water partition coefficient (Wildman–Crippen LogP) is 2.14. The molecule has 0 heterocycles. The largest absolute Gasteiger partial charge is 0.391 e. The Morgan fingerprint density at radius 3 is 2.00 bits per heavy atom. The van der Waals surface area contributed by atoms with Gasteiger partial charge in [0, 0.05) is 0 Å². The minimum atomic E-state index is -4.03. The van der Waals surface area contributed by atoms with Crippen molar-refractivity contribution in [1.82, 2.24) is 4.90 Å². The molecule has 0 amide bonds. The maximum absolute atomic E-state index is 11.9. The molecule has 0 radical (unpaired) electrons. The summed E-state index contributed by atoms with van der Waals surface area (Å²) in [6.07, 6.45) is -3.85. The fourth-order valence-electron chi connectivity index (χ4n) is 0.616. The molecule has 0 rings (SSSR count). The van der Waals surface area contributed by atoms with Crippen molar-refractivity contribution in [2.24, 2.45) is 5.92 Å². The fourth-order valence-corrected chi connectivity index (χ4v) is 0.616. The van der Waals surface area contributed by atoms with E-state index in [2.05, 4.69) is 0 Å². The van der Waals surface area contributed by atoms with Crippen LogP contribution in [-0.2, 0) is 0 Å². The van der Waals surface area contributed by atoms with Crippen LogP contribution in [0.5, 0.6) is 0 Å². The number of nitrogens with zero attached hydrogens (tertiary/aromatic N) is 1. The van der Waals surface area contributed by atoms with E-state index in [1.165, 1.54) is 6.92 Å². The molecule has 0 spiro atoms. The lowest BCUT2D eigenvalue weighted by Gasteiger charge is -2.17. The first kappa shape index (κ1) is 10.8. The van der Waals surface area contributed by atoms with Crippen molar-refractivity contribution in [3.05, 3.63) is 0 Å². The van der Waals surface area contributed by atoms with Gasteiger partial charge in [-0.2, -0.15) is 13.2 Å². The van der Waals surface area contributed by atoms with Gasteiger partial charge in [0.1, 0.15) is 0 Å². The average molecular weight is 169 g/mol. The first-order valence-electron chi connectivity index (χ1n) is 3.55. The third kappa shape index (κ3) is 5.07. The number of alkyl halides is 3. The van der Waals surface area contributed by atoms with Crippen molar-refractivity contribution < 1.29 is 13.2 Å². The molecule has 0 aliphatic carbocycles. The minimum absolute atomic E-state index is 0.177. The molecule has 0 saturated heterocycles. The third-order valence-corrected chi connectivity index (χ3v) is 1.57. The lowest BCUT2D eigenvalue weighted by atomic mass is 10.1. The lowest BCUT2D eigenvalue weighted by Crippen LogP contribution is -2.24. The smallest absolute Gasteiger partial charge is 0.309 e. The standard InChI is InChI=1S/C7H14F3N/c1-6(7(8,9)10)4-5-11(2)3/h6H,4-5H2,1-3H3. The predicted molar refractivity (Wildman–Crippen MR) is 38.4 cm³/mol. The van der Waals surface area contributed by atoms with Crippen LogP contribution < -0.4 is 0 Å². The summed E-state index contributed by atoms with van der Waals surface area (Å²) in [6, 6.07) is 0. The van der Waals surface area contributed by atoms with Gasteiger partial charge >= 0.3 is 6.18 Å². The molecule has 4 heteroatoms. The SMILES string of the molecule is CC(CCN(C)C)C(F)(F)F. The molecule has 0 aromatic heterocycles. The van der Waals surface area contributed by atoms with E-state index in [1.807, 2.05) is 0 Å². The maximum Gasteiger partial charge on any atom is 0.391 e. The van der Waals surface area contributed by atoms with Crippen molar-refractivity contribution >= 4 is 0 Å². The van der Waals surface area contributed by atoms with Gasteiger partial charge in [0.2, 0.25) is 0 Å². The quantitative estimate of drug-likeness (QED) is 0.625. The van der Waals surface area contributed by atoms with Gasteiger partial charge in [-0.3, -0.25) is 0 Å². The second-order valence-corrected chi connectivity index (χ2v) is 3.03. The molecule has 0 aromatic rings. The summed E-state index contributed by atoms with van der Waals surface area (Å²) in [4.78, 5) is 1.75. The van der Waals surface area contributed by atoms with Crippen molar-refractivity contribution in [2.75, 3.05) is 20.6 Å². The Morgan fingerprint density at radius 1 is 1.27 bits per heavy atom. The summed E-state index contributed by atoms with van der Waals surface area (Å²) in [5.41, 5.74) is 0. The van der Waals surface area contributed by atoms with Gasteiger partial charge in [-0.05, 0) is 27.1 Å². The molecule has 0 aliphatic heterocycles. The van der Waals surface area contributed by atoms with Crippen LogP contribution in [0.15, 0.2) is 0 Å². The van der Waals surface area contributed by atoms with E-state index in [1.54, 1.807) is 19.0 Å². The molecule has 0 saturated carbocycles. The fraction of sp³-hybridized carbons (Fsp3) is 1.00. The van der Waals surface area contributed by atoms with E-state index in [4.69, 9.17) is 0 Å². The second-order valence-electron chi connectivity index (χ2n) is 3.03. The van der Waals surface area contributed by atoms with Crippen LogP contribution in [0.1, 0.15) is 13.3 Å². The number of hydrogen-bond donors (Lipinski definition) is 0. The van der Waals surface area contributed by atoms with E-state index in [9.17, 15) is 13.2 Å². The van der Waals surface area contributed by atoms with E-state index in [0.29, 0.717) is 6.54 Å². The Morgan fingerprint density at radius 2 is 1.73 bits per heavy atom. The topological polar surface area (TPSA) is 3.24 Å². The normalized spacial score (nSPS) is 15.5. The molecule has 0 N–H and O–H groups in total. The van der Waals surface area contributed by atoms with E-state index in [0.717, 1.165) is 0 Å². The summed E-state index contributed by atoms with van der Waals surface area (Å²) in [5.74, 6) is -1.19. The van der Waals surface area contributed by atoms with E-state index >= 15 is 0 Å². The van der Waals surface area contributed by atoms with Crippen LogP contribution in [0, 0.1) is 5.92 Å². The van der Waals surface area contributed by atoms with Crippen LogP contribution in [0.4, 0.5) is 13.2 Å². The van der Waals surface area contributed by atoms with Crippen molar-refractivity contribution in [3.63, 3.8) is 0 Å². The molecule has 11 heavy (non-hydrogen) atoms. The van der Waals surface area contributed by atoms with Gasteiger partial charge in [-0.1, -0.05) is 6.92 Å². The highest BCUT2D eigenvalue weighted by Crippen LogP contribution is 2.27. The zero-order valence-corrected chi connectivity index (χ0v) is 7.07. The highest BCUT2D eigenvalue weighted by atomic mass is 19.4. The van der Waals surface area contributed by atoms with Gasteiger partial charge < -0.3 is 4.90 Å². The highest BCUT2D eigenvalue weighted by molar-refractivity contribution is 4.62. The van der Waals surface area contributed by atoms with Crippen molar-refractivity contribution in [3.8, 4) is 0 Å². The molecule has 1 atom stereocenters. The number of rotatable bonds is 3. The monoisotopic (exact) mass is 169 g/mol. The van der Waals surface area contributed by atoms with Gasteiger partial charge in [0.05, 0.1) is 5.92 Å². The first-order chi connectivity index (χ1) is 4.84. The molecule has 1 unspecified atom stereocenters. The molecule has 1 nitrogen and oxygen atoms in total. The third-order valence-electron chi connectivity index (χ3n) is 1.57. The van der Waals surface area contributed by atoms with Crippen molar-refractivity contribution in [1.29, 1.82) is 0 Å². The van der Waals surface area contributed by atoms with Gasteiger partial charge in [0.15, 0.2) is 0 Å². The molecule has 0 fully saturated rings. The molecule has 0 aromatic carbocycles. The summed E-state index contributed by atoms with van der Waals surface area (Å²) < 4.78 is 35.6. The van der Waals surface area contributed by atoms with Crippen molar-refractivity contribution in [2.45, 2.75) is 19.5 Å². The Balaban J connectivity index is 3.61. The summed E-state index contributed by atoms with van der Waals surface area (Å²) in [5, 5.41) is 0. The maximum atomic E-state index is 11.9. The Kier molecular flexibility index (Phi) is 3.86. The molecule has 0 bridgehead atoms. The number of hydrogen-bond acceptors (Lipinski definition) is 1. The van der Waals surface area contributed by atoms with Gasteiger partial charge in [0.25, 0.3) is 0 Å². The minimum Gasteiger partial charge on any atom is -0.309 e. The highest BCUT2D eigenvalue weighted by Gasteiger charge is 2.35. The summed E-state index contributed by atoms with van der Waals surface area (Å²) >= 11 is 0. The molecular formula is C7H14F3N. The van der Waals surface area contributed by atoms with Crippen LogP contribution in [0.25, 0.3) is 0 Å². The van der Waals surface area contributed by atoms with Crippen LogP contribution >= 0.6 is 0 Å². The molecule has 68 valence electrons. The first-order valence-corrected chi connectivity index (χ1v) is 3.55. The molecule has 0 aliphatic rings. The molecular weight excluding hydrogens is 155 g/mol. The Bertz CT molecular complexity index is 109. The zero-order valence-electron chi connectivity index (χ0n) is 7.07. The average Bonchev–Trinajstić information content (AvgIpc) is 1.80. The zero-order chi connectivity index (χ0) is 9.07.